The minimum Gasteiger partial charge on any atom is -0.479 e. The molecule has 2 aromatic rings. The lowest BCUT2D eigenvalue weighted by atomic mass is 10.1. The molecule has 2 saturated heterocycles. The summed E-state index contributed by atoms with van der Waals surface area (Å²) >= 11 is 0. The molecule has 0 aliphatic carbocycles. The fraction of sp³-hybridized carbons (Fsp3) is 0.480. The first kappa shape index (κ1) is 22.9. The highest BCUT2D eigenvalue weighted by Crippen LogP contribution is 2.28. The first-order valence-electron chi connectivity index (χ1n) is 11.6. The van der Waals surface area contributed by atoms with Crippen LogP contribution in [0.3, 0.4) is 0 Å². The molecule has 1 aromatic heterocycles. The van der Waals surface area contributed by atoms with Crippen LogP contribution in [0.25, 0.3) is 0 Å². The number of carbonyl (C=O) groups excluding carboxylic acids is 3. The Morgan fingerprint density at radius 3 is 2.42 bits per heavy atom. The molecule has 0 unspecified atom stereocenters. The van der Waals surface area contributed by atoms with E-state index >= 15 is 0 Å². The molecule has 0 radical (unpaired) electrons. The Morgan fingerprint density at radius 1 is 0.970 bits per heavy atom. The quantitative estimate of drug-likeness (QED) is 0.574. The highest BCUT2D eigenvalue weighted by Gasteiger charge is 2.42. The summed E-state index contributed by atoms with van der Waals surface area (Å²) in [6, 6.07) is 9.00. The van der Waals surface area contributed by atoms with Crippen molar-refractivity contribution in [3.8, 4) is 5.88 Å². The summed E-state index contributed by atoms with van der Waals surface area (Å²) in [4.78, 5) is 51.2. The standard InChI is InChI=1S/C25H30N4O4/c1-33-24-22(26-14-15-27-24)23(31)19-11-6-17-29(19)25(32)20-12-7-16-28(20)21(30)13-5-10-18-8-3-2-4-9-18/h2-4,8-9,14-15,19-20H,5-7,10-13,16-17H2,1H3/t19-,20-/m0/s1. The van der Waals surface area contributed by atoms with E-state index in [1.807, 2.05) is 18.2 Å². The summed E-state index contributed by atoms with van der Waals surface area (Å²) in [6.45, 7) is 1.09. The second-order valence-electron chi connectivity index (χ2n) is 8.55. The van der Waals surface area contributed by atoms with Gasteiger partial charge in [-0.3, -0.25) is 14.4 Å². The maximum absolute atomic E-state index is 13.5. The number of aryl methyl sites for hydroxylation is 1. The zero-order valence-corrected chi connectivity index (χ0v) is 19.0. The average molecular weight is 451 g/mol. The molecule has 174 valence electrons. The van der Waals surface area contributed by atoms with E-state index < -0.39 is 12.1 Å². The summed E-state index contributed by atoms with van der Waals surface area (Å²) in [5, 5.41) is 0. The van der Waals surface area contributed by atoms with Crippen molar-refractivity contribution in [3.63, 3.8) is 0 Å². The zero-order valence-electron chi connectivity index (χ0n) is 19.0. The molecule has 4 rings (SSSR count). The van der Waals surface area contributed by atoms with Crippen LogP contribution in [0, 0.1) is 0 Å². The molecule has 3 heterocycles. The first-order valence-corrected chi connectivity index (χ1v) is 11.6. The molecular weight excluding hydrogens is 420 g/mol. The number of benzene rings is 1. The molecule has 33 heavy (non-hydrogen) atoms. The average Bonchev–Trinajstić information content (AvgIpc) is 3.54. The Morgan fingerprint density at radius 2 is 1.67 bits per heavy atom. The summed E-state index contributed by atoms with van der Waals surface area (Å²) in [7, 11) is 1.44. The van der Waals surface area contributed by atoms with Gasteiger partial charge in [0.15, 0.2) is 5.69 Å². The molecule has 2 fully saturated rings. The molecule has 2 aliphatic rings. The lowest BCUT2D eigenvalue weighted by molar-refractivity contribution is -0.144. The fourth-order valence-corrected chi connectivity index (χ4v) is 4.85. The van der Waals surface area contributed by atoms with Gasteiger partial charge in [-0.25, -0.2) is 9.97 Å². The monoisotopic (exact) mass is 450 g/mol. The number of carbonyl (C=O) groups is 3. The molecule has 2 aliphatic heterocycles. The summed E-state index contributed by atoms with van der Waals surface area (Å²) in [6.07, 6.45) is 7.65. The van der Waals surface area contributed by atoms with E-state index in [1.165, 1.54) is 25.1 Å². The fourth-order valence-electron chi connectivity index (χ4n) is 4.85. The number of ether oxygens (including phenoxy) is 1. The Kier molecular flexibility index (Phi) is 7.32. The third-order valence-corrected chi connectivity index (χ3v) is 6.49. The lowest BCUT2D eigenvalue weighted by Crippen LogP contribution is -2.51. The molecule has 0 bridgehead atoms. The van der Waals surface area contributed by atoms with Crippen LogP contribution in [0.15, 0.2) is 42.7 Å². The molecule has 8 heteroatoms. The number of aromatic nitrogens is 2. The van der Waals surface area contributed by atoms with Gasteiger partial charge < -0.3 is 14.5 Å². The van der Waals surface area contributed by atoms with Crippen molar-refractivity contribution in [1.82, 2.24) is 19.8 Å². The van der Waals surface area contributed by atoms with Crippen molar-refractivity contribution in [2.45, 2.75) is 57.0 Å². The van der Waals surface area contributed by atoms with Crippen LogP contribution < -0.4 is 4.74 Å². The van der Waals surface area contributed by atoms with Crippen LogP contribution in [-0.2, 0) is 16.0 Å². The Bertz CT molecular complexity index is 997. The molecule has 2 amide bonds. The third-order valence-electron chi connectivity index (χ3n) is 6.49. The van der Waals surface area contributed by atoms with Crippen LogP contribution in [0.5, 0.6) is 5.88 Å². The molecule has 1 aromatic carbocycles. The molecule has 8 nitrogen and oxygen atoms in total. The van der Waals surface area contributed by atoms with Crippen LogP contribution >= 0.6 is 0 Å². The van der Waals surface area contributed by atoms with Gasteiger partial charge in [-0.15, -0.1) is 0 Å². The van der Waals surface area contributed by atoms with Gasteiger partial charge in [0.05, 0.1) is 13.2 Å². The largest absolute Gasteiger partial charge is 0.479 e. The van der Waals surface area contributed by atoms with Gasteiger partial charge in [-0.2, -0.15) is 0 Å². The Hall–Kier alpha value is -3.29. The number of rotatable bonds is 8. The van der Waals surface area contributed by atoms with Crippen LogP contribution in [0.4, 0.5) is 0 Å². The third kappa shape index (κ3) is 5.05. The molecular formula is C25H30N4O4. The number of nitrogens with zero attached hydrogens (tertiary/aromatic N) is 4. The van der Waals surface area contributed by atoms with Crippen LogP contribution in [-0.4, -0.2) is 69.6 Å². The number of hydrogen-bond acceptors (Lipinski definition) is 6. The summed E-state index contributed by atoms with van der Waals surface area (Å²) < 4.78 is 5.19. The number of methoxy groups -OCH3 is 1. The van der Waals surface area contributed by atoms with E-state index in [1.54, 1.807) is 9.80 Å². The Balaban J connectivity index is 1.40. The van der Waals surface area contributed by atoms with Crippen molar-refractivity contribution in [3.05, 3.63) is 54.0 Å². The second-order valence-corrected chi connectivity index (χ2v) is 8.55. The molecule has 0 N–H and O–H groups in total. The van der Waals surface area contributed by atoms with Crippen molar-refractivity contribution >= 4 is 17.6 Å². The number of hydrogen-bond donors (Lipinski definition) is 0. The highest BCUT2D eigenvalue weighted by molar-refractivity contribution is 6.03. The topological polar surface area (TPSA) is 92.7 Å². The predicted molar refractivity (Wildman–Crippen MR) is 122 cm³/mol. The summed E-state index contributed by atoms with van der Waals surface area (Å²) in [5.41, 5.74) is 1.35. The number of ketones is 1. The van der Waals surface area contributed by atoms with Crippen LogP contribution in [0.2, 0.25) is 0 Å². The van der Waals surface area contributed by atoms with E-state index in [2.05, 4.69) is 22.1 Å². The van der Waals surface area contributed by atoms with E-state index in [-0.39, 0.29) is 29.2 Å². The second kappa shape index (κ2) is 10.6. The van der Waals surface area contributed by atoms with Crippen molar-refractivity contribution < 1.29 is 19.1 Å². The van der Waals surface area contributed by atoms with Crippen LogP contribution in [0.1, 0.15) is 54.6 Å². The SMILES string of the molecule is COc1nccnc1C(=O)[C@@H]1CCCN1C(=O)[C@@H]1CCCN1C(=O)CCCc1ccccc1. The molecule has 0 saturated carbocycles. The van der Waals surface area contributed by atoms with Crippen molar-refractivity contribution in [1.29, 1.82) is 0 Å². The number of likely N-dealkylation sites (tertiary alicyclic amines) is 2. The highest BCUT2D eigenvalue weighted by atomic mass is 16.5. The molecule has 2 atom stereocenters. The van der Waals surface area contributed by atoms with E-state index in [0.29, 0.717) is 32.4 Å². The summed E-state index contributed by atoms with van der Waals surface area (Å²) in [5.74, 6) is -0.218. The maximum atomic E-state index is 13.5. The van der Waals surface area contributed by atoms with Gasteiger partial charge in [-0.05, 0) is 44.1 Å². The van der Waals surface area contributed by atoms with Gasteiger partial charge in [0.25, 0.3) is 0 Å². The van der Waals surface area contributed by atoms with Gasteiger partial charge >= 0.3 is 0 Å². The lowest BCUT2D eigenvalue weighted by Gasteiger charge is -2.31. The minimum atomic E-state index is -0.598. The number of Topliss-reactive ketones (excluding diaryl/α,β-unsaturated/α-hetero) is 1. The van der Waals surface area contributed by atoms with Gasteiger partial charge in [0.2, 0.25) is 23.5 Å². The minimum absolute atomic E-state index is 0.0134. The molecule has 0 spiro atoms. The first-order chi connectivity index (χ1) is 16.1. The zero-order chi connectivity index (χ0) is 23.2. The van der Waals surface area contributed by atoms with Gasteiger partial charge in [-0.1, -0.05) is 30.3 Å². The maximum Gasteiger partial charge on any atom is 0.246 e. The van der Waals surface area contributed by atoms with Crippen molar-refractivity contribution in [2.75, 3.05) is 20.2 Å². The number of amides is 2. The Labute approximate surface area is 194 Å². The van der Waals surface area contributed by atoms with Gasteiger partial charge in [0.1, 0.15) is 6.04 Å². The van der Waals surface area contributed by atoms with Gasteiger partial charge in [0, 0.05) is 31.9 Å². The normalized spacial score (nSPS) is 20.2. The smallest absolute Gasteiger partial charge is 0.246 e. The van der Waals surface area contributed by atoms with Crippen molar-refractivity contribution in [2.24, 2.45) is 0 Å². The van der Waals surface area contributed by atoms with E-state index in [9.17, 15) is 14.4 Å². The predicted octanol–water partition coefficient (Wildman–Crippen LogP) is 2.67. The van der Waals surface area contributed by atoms with E-state index in [0.717, 1.165) is 25.7 Å². The van der Waals surface area contributed by atoms with E-state index in [4.69, 9.17) is 4.74 Å².